The maximum atomic E-state index is 7.55. The molecule has 6 aliphatic heterocycles. The lowest BCUT2D eigenvalue weighted by atomic mass is 9.79. The fourth-order valence-electron chi connectivity index (χ4n) is 16.7. The summed E-state index contributed by atoms with van der Waals surface area (Å²) in [7, 11) is -4.50. The van der Waals surface area contributed by atoms with E-state index in [2.05, 4.69) is 299 Å². The van der Waals surface area contributed by atoms with E-state index in [4.69, 9.17) is 18.9 Å². The first-order valence-electron chi connectivity index (χ1n) is 33.3. The Bertz CT molecular complexity index is 5050. The molecule has 0 N–H and O–H groups in total. The highest BCUT2D eigenvalue weighted by Gasteiger charge is 2.51. The van der Waals surface area contributed by atoms with Crippen LogP contribution in [0.2, 0.25) is 0 Å². The highest BCUT2D eigenvalue weighted by atomic mass is 28.3. The van der Waals surface area contributed by atoms with Crippen LogP contribution in [0.25, 0.3) is 38.3 Å². The van der Waals surface area contributed by atoms with Crippen molar-refractivity contribution in [3.05, 3.63) is 221 Å². The molecule has 18 rings (SSSR count). The Labute approximate surface area is 549 Å². The maximum Gasteiger partial charge on any atom is 0.157 e. The molecular formula is C84H77N3O4Si2. The zero-order chi connectivity index (χ0) is 63.9. The van der Waals surface area contributed by atoms with Crippen LogP contribution in [0.5, 0.6) is 46.0 Å². The molecule has 0 saturated heterocycles. The van der Waals surface area contributed by atoms with Gasteiger partial charge in [0.15, 0.2) is 17.6 Å². The van der Waals surface area contributed by atoms with Crippen molar-refractivity contribution in [2.75, 3.05) is 9.80 Å². The molecule has 0 atom stereocenters. The first-order valence-corrected chi connectivity index (χ1v) is 36.8. The van der Waals surface area contributed by atoms with E-state index < -0.39 is 17.6 Å². The number of ether oxygens (including phenoxy) is 4. The molecule has 0 spiro atoms. The SMILES string of the molecule is CC(C)(C)c1ccc2c3c1Oc1cc(CC(C)(C)c4ccc(N5c6ccc(C(C)(C)C)c7c6[SiH]6c8c(cc(-n9c%10ccccc%10c%10ccccc%109)cc8Oc8c(C(C)(C)C)ccc5c86)O7)cc4)cc4c1[SiH]3c1c(ccc(C(C)(C)C)c1O4)N2c1ccc2ccccc2c1. The number of hydrogen-bond acceptors (Lipinski definition) is 6. The summed E-state index contributed by atoms with van der Waals surface area (Å²) in [6, 6.07) is 70.7. The van der Waals surface area contributed by atoms with E-state index in [0.717, 1.165) is 80.5 Å². The lowest BCUT2D eigenvalue weighted by Crippen LogP contribution is -2.62. The summed E-state index contributed by atoms with van der Waals surface area (Å²) in [6.07, 6.45) is 0.773. The van der Waals surface area contributed by atoms with Gasteiger partial charge in [-0.25, -0.2) is 0 Å². The van der Waals surface area contributed by atoms with Crippen molar-refractivity contribution in [1.29, 1.82) is 0 Å². The Balaban J connectivity index is 0.743. The van der Waals surface area contributed by atoms with Gasteiger partial charge in [0, 0.05) is 110 Å². The Hall–Kier alpha value is -9.29. The van der Waals surface area contributed by atoms with Gasteiger partial charge in [-0.1, -0.05) is 200 Å². The number of hydrogen-bond donors (Lipinski definition) is 0. The molecule has 1 aromatic heterocycles. The highest BCUT2D eigenvalue weighted by molar-refractivity contribution is 7.01. The van der Waals surface area contributed by atoms with E-state index in [1.807, 2.05) is 0 Å². The van der Waals surface area contributed by atoms with Gasteiger partial charge >= 0.3 is 0 Å². The van der Waals surface area contributed by atoms with Crippen LogP contribution in [-0.2, 0) is 33.5 Å². The molecule has 460 valence electrons. The third-order valence-corrected chi connectivity index (χ3v) is 27.9. The molecule has 6 aliphatic rings. The lowest BCUT2D eigenvalue weighted by Gasteiger charge is -2.46. The van der Waals surface area contributed by atoms with Crippen LogP contribution in [0.4, 0.5) is 34.1 Å². The third-order valence-electron chi connectivity index (χ3n) is 21.1. The summed E-state index contributed by atoms with van der Waals surface area (Å²) in [4.78, 5) is 5.00. The lowest BCUT2D eigenvalue weighted by molar-refractivity contribution is 0.437. The maximum absolute atomic E-state index is 7.55. The van der Waals surface area contributed by atoms with Crippen molar-refractivity contribution in [2.45, 2.75) is 130 Å². The van der Waals surface area contributed by atoms with Crippen LogP contribution >= 0.6 is 0 Å². The molecule has 0 radical (unpaired) electrons. The van der Waals surface area contributed by atoms with Crippen LogP contribution in [0.1, 0.15) is 130 Å². The monoisotopic (exact) mass is 1250 g/mol. The molecule has 0 bridgehead atoms. The van der Waals surface area contributed by atoms with Crippen LogP contribution in [0, 0.1) is 0 Å². The number of aromatic nitrogens is 1. The van der Waals surface area contributed by atoms with Crippen LogP contribution in [0.15, 0.2) is 188 Å². The van der Waals surface area contributed by atoms with E-state index in [0.29, 0.717) is 0 Å². The second kappa shape index (κ2) is 19.0. The van der Waals surface area contributed by atoms with Gasteiger partial charge in [0.05, 0.1) is 16.7 Å². The number of rotatable bonds is 6. The Morgan fingerprint density at radius 1 is 0.323 bits per heavy atom. The molecular weight excluding hydrogens is 1170 g/mol. The average molecular weight is 1250 g/mol. The summed E-state index contributed by atoms with van der Waals surface area (Å²) in [5.74, 6) is 7.73. The predicted octanol–water partition coefficient (Wildman–Crippen LogP) is 18.1. The summed E-state index contributed by atoms with van der Waals surface area (Å²) >= 11 is 0. The van der Waals surface area contributed by atoms with Crippen molar-refractivity contribution in [2.24, 2.45) is 0 Å². The first kappa shape index (κ1) is 56.5. The molecule has 7 nitrogen and oxygen atoms in total. The van der Waals surface area contributed by atoms with Gasteiger partial charge < -0.3 is 33.3 Å². The number of anilines is 6. The van der Waals surface area contributed by atoms with Gasteiger partial charge in [0.2, 0.25) is 0 Å². The van der Waals surface area contributed by atoms with Crippen molar-refractivity contribution in [1.82, 2.24) is 4.57 Å². The van der Waals surface area contributed by atoms with Gasteiger partial charge in [-0.05, 0) is 128 Å². The standard InChI is InChI=1S/C84H77N3O4Si2/c1-80(2,3)56-35-39-64-76-70(56)88-66-41-47(42-67-78(66)92(76)77-65(40-36-57(71(77)89-67)81(4,5)6)86(64)52-30-27-48-21-15-16-22-49(48)43-52)46-84(13,14)50-28-31-51(32-29-50)85-62-37-33-58(82(7,8)9)72-74(62)93-75-63(85)38-34-59(83(10,11)12)73(75)91-69-45-53(44-68(90-72)79(69)93)87-60-25-19-17-23-54(60)55-24-18-20-26-61(55)87/h15-45,92-93H,46H2,1-14H3. The minimum Gasteiger partial charge on any atom is -0.457 e. The van der Waals surface area contributed by atoms with Gasteiger partial charge in [0.1, 0.15) is 46.0 Å². The number of benzene rings is 11. The molecule has 11 aromatic carbocycles. The normalized spacial score (nSPS) is 15.0. The van der Waals surface area contributed by atoms with Gasteiger partial charge in [-0.3, -0.25) is 0 Å². The molecule has 0 unspecified atom stereocenters. The summed E-state index contributed by atoms with van der Waals surface area (Å²) < 4.78 is 32.5. The second-order valence-electron chi connectivity index (χ2n) is 31.8. The zero-order valence-corrected chi connectivity index (χ0v) is 58.0. The third kappa shape index (κ3) is 8.11. The summed E-state index contributed by atoms with van der Waals surface area (Å²) in [6.45, 7) is 32.6. The smallest absolute Gasteiger partial charge is 0.157 e. The van der Waals surface area contributed by atoms with Crippen molar-refractivity contribution >= 4 is 115 Å². The fraction of sp³-hybridized carbons (Fsp3) is 0.238. The van der Waals surface area contributed by atoms with Gasteiger partial charge in [-0.15, -0.1) is 0 Å². The molecule has 12 aromatic rings. The van der Waals surface area contributed by atoms with E-state index in [1.54, 1.807) is 0 Å². The van der Waals surface area contributed by atoms with Crippen LogP contribution < -0.4 is 59.9 Å². The average Bonchev–Trinajstić information content (AvgIpc) is 1.20. The fourth-order valence-corrected chi connectivity index (χ4v) is 24.2. The van der Waals surface area contributed by atoms with E-state index >= 15 is 0 Å². The molecule has 0 fully saturated rings. The van der Waals surface area contributed by atoms with Crippen LogP contribution in [-0.4, -0.2) is 22.2 Å². The zero-order valence-electron chi connectivity index (χ0n) is 55.7. The molecule has 0 amide bonds. The Kier molecular flexibility index (Phi) is 11.5. The molecule has 93 heavy (non-hydrogen) atoms. The van der Waals surface area contributed by atoms with Crippen molar-refractivity contribution in [3.63, 3.8) is 0 Å². The second-order valence-corrected chi connectivity index (χ2v) is 37.0. The Morgan fingerprint density at radius 2 is 0.688 bits per heavy atom. The van der Waals surface area contributed by atoms with Gasteiger partial charge in [0.25, 0.3) is 0 Å². The Morgan fingerprint density at radius 3 is 1.11 bits per heavy atom. The van der Waals surface area contributed by atoms with E-state index in [9.17, 15) is 0 Å². The van der Waals surface area contributed by atoms with Crippen molar-refractivity contribution < 1.29 is 18.9 Å². The first-order chi connectivity index (χ1) is 44.4. The minimum absolute atomic E-state index is 0.167. The molecule has 7 heterocycles. The van der Waals surface area contributed by atoms with Gasteiger partial charge in [-0.2, -0.15) is 0 Å². The number of fused-ring (bicyclic) bond motifs is 4. The highest BCUT2D eigenvalue weighted by Crippen LogP contribution is 2.54. The molecule has 0 aliphatic carbocycles. The van der Waals surface area contributed by atoms with Crippen molar-refractivity contribution in [3.8, 4) is 51.7 Å². The van der Waals surface area contributed by atoms with Crippen LogP contribution in [0.3, 0.4) is 0 Å². The number of nitrogens with zero attached hydrogens (tertiary/aromatic N) is 3. The summed E-state index contributed by atoms with van der Waals surface area (Å²) in [5.41, 5.74) is 16.7. The molecule has 9 heteroatoms. The largest absolute Gasteiger partial charge is 0.457 e. The topological polar surface area (TPSA) is 48.3 Å². The predicted molar refractivity (Wildman–Crippen MR) is 391 cm³/mol. The number of para-hydroxylation sites is 2. The van der Waals surface area contributed by atoms with E-state index in [1.165, 1.54) is 109 Å². The molecule has 0 saturated carbocycles. The minimum atomic E-state index is -2.28. The van der Waals surface area contributed by atoms with E-state index in [-0.39, 0.29) is 27.1 Å². The quantitative estimate of drug-likeness (QED) is 0.155. The summed E-state index contributed by atoms with van der Waals surface area (Å²) in [5, 5.41) is 12.7.